The fourth-order valence-corrected chi connectivity index (χ4v) is 3.11. The van der Waals surface area contributed by atoms with Crippen molar-refractivity contribution in [1.82, 2.24) is 10.2 Å². The number of hydrogen-bond acceptors (Lipinski definition) is 5. The van der Waals surface area contributed by atoms with Gasteiger partial charge in [0.2, 0.25) is 0 Å². The number of nitrogen functional groups attached to an aromatic ring is 1. The maximum Gasteiger partial charge on any atom is 0.269 e. The minimum atomic E-state index is -0.205. The Morgan fingerprint density at radius 2 is 2.05 bits per heavy atom. The summed E-state index contributed by atoms with van der Waals surface area (Å²) in [5, 5.41) is 7.01. The second kappa shape index (κ2) is 5.70. The van der Waals surface area contributed by atoms with Crippen molar-refractivity contribution in [3.05, 3.63) is 38.1 Å². The molecule has 0 unspecified atom stereocenters. The molecule has 6 nitrogen and oxygen atoms in total. The first-order chi connectivity index (χ1) is 10.5. The van der Waals surface area contributed by atoms with E-state index in [2.05, 4.69) is 10.2 Å². The van der Waals surface area contributed by atoms with Crippen LogP contribution in [-0.2, 0) is 6.42 Å². The largest absolute Gasteiger partial charge is 0.433 e. The summed E-state index contributed by atoms with van der Waals surface area (Å²) in [6.07, 6.45) is 1.58. The molecule has 0 saturated heterocycles. The molecule has 0 saturated carbocycles. The molecule has 0 fully saturated rings. The van der Waals surface area contributed by atoms with E-state index in [1.54, 1.807) is 12.1 Å². The summed E-state index contributed by atoms with van der Waals surface area (Å²) < 4.78 is 5.78. The summed E-state index contributed by atoms with van der Waals surface area (Å²) in [4.78, 5) is 13.9. The Labute approximate surface area is 136 Å². The third kappa shape index (κ3) is 2.60. The molecule has 0 spiro atoms. The average Bonchev–Trinajstić information content (AvgIpc) is 2.45. The second-order valence-electron chi connectivity index (χ2n) is 5.13. The van der Waals surface area contributed by atoms with Gasteiger partial charge in [-0.05, 0) is 25.0 Å². The summed E-state index contributed by atoms with van der Waals surface area (Å²) >= 11 is 12.3. The van der Waals surface area contributed by atoms with Gasteiger partial charge in [0.1, 0.15) is 5.69 Å². The van der Waals surface area contributed by atoms with Crippen molar-refractivity contribution in [3.63, 3.8) is 0 Å². The van der Waals surface area contributed by atoms with E-state index in [0.717, 1.165) is 13.0 Å². The second-order valence-corrected chi connectivity index (χ2v) is 5.94. The lowest BCUT2D eigenvalue weighted by molar-refractivity contribution is 0.451. The lowest BCUT2D eigenvalue weighted by Crippen LogP contribution is -2.31. The zero-order valence-electron chi connectivity index (χ0n) is 11.8. The zero-order valence-corrected chi connectivity index (χ0v) is 13.3. The molecular formula is C14H14Cl2N4O2. The topological polar surface area (TPSA) is 84.2 Å². The third-order valence-electron chi connectivity index (χ3n) is 3.54. The van der Waals surface area contributed by atoms with Gasteiger partial charge in [-0.15, -0.1) is 5.10 Å². The predicted molar refractivity (Wildman–Crippen MR) is 87.4 cm³/mol. The lowest BCUT2D eigenvalue weighted by Gasteiger charge is -2.27. The Kier molecular flexibility index (Phi) is 3.88. The molecule has 2 heterocycles. The van der Waals surface area contributed by atoms with Crippen molar-refractivity contribution in [2.75, 3.05) is 24.2 Å². The van der Waals surface area contributed by atoms with Crippen LogP contribution in [-0.4, -0.2) is 23.8 Å². The Balaban J connectivity index is 2.09. The van der Waals surface area contributed by atoms with Gasteiger partial charge in [0, 0.05) is 24.8 Å². The van der Waals surface area contributed by atoms with Gasteiger partial charge in [0.25, 0.3) is 11.4 Å². The summed E-state index contributed by atoms with van der Waals surface area (Å²) in [6.45, 7) is 0.817. The number of nitrogens with one attached hydrogen (secondary N) is 1. The maximum atomic E-state index is 11.9. The zero-order chi connectivity index (χ0) is 15.9. The molecule has 0 bridgehead atoms. The van der Waals surface area contributed by atoms with E-state index in [4.69, 9.17) is 33.7 Å². The first-order valence-corrected chi connectivity index (χ1v) is 7.48. The number of aromatic amines is 1. The van der Waals surface area contributed by atoms with E-state index in [1.165, 1.54) is 0 Å². The lowest BCUT2D eigenvalue weighted by atomic mass is 10.1. The number of rotatable bonds is 2. The molecule has 1 aliphatic rings. The molecule has 0 atom stereocenters. The van der Waals surface area contributed by atoms with Crippen LogP contribution in [0.4, 0.5) is 11.4 Å². The van der Waals surface area contributed by atoms with Gasteiger partial charge in [0.05, 0.1) is 10.0 Å². The van der Waals surface area contributed by atoms with E-state index in [-0.39, 0.29) is 27.2 Å². The van der Waals surface area contributed by atoms with E-state index < -0.39 is 0 Å². The Morgan fingerprint density at radius 1 is 1.36 bits per heavy atom. The smallest absolute Gasteiger partial charge is 0.269 e. The monoisotopic (exact) mass is 340 g/mol. The molecule has 3 rings (SSSR count). The summed E-state index contributed by atoms with van der Waals surface area (Å²) in [5.41, 5.74) is 7.23. The SMILES string of the molecule is CN1CCCc2c1c(Oc1c(Cl)cc(N)cc1Cl)n[nH]c2=O. The van der Waals surface area contributed by atoms with Crippen LogP contribution < -0.4 is 20.9 Å². The highest BCUT2D eigenvalue weighted by molar-refractivity contribution is 6.37. The molecule has 0 amide bonds. The highest BCUT2D eigenvalue weighted by atomic mass is 35.5. The van der Waals surface area contributed by atoms with Crippen molar-refractivity contribution in [3.8, 4) is 11.6 Å². The Bertz CT molecular complexity index is 768. The molecule has 0 radical (unpaired) electrons. The van der Waals surface area contributed by atoms with Crippen LogP contribution in [0.25, 0.3) is 0 Å². The van der Waals surface area contributed by atoms with Crippen molar-refractivity contribution in [2.45, 2.75) is 12.8 Å². The van der Waals surface area contributed by atoms with Gasteiger partial charge >= 0.3 is 0 Å². The third-order valence-corrected chi connectivity index (χ3v) is 4.10. The summed E-state index contributed by atoms with van der Waals surface area (Å²) in [5.74, 6) is 0.531. The molecule has 116 valence electrons. The van der Waals surface area contributed by atoms with E-state index >= 15 is 0 Å². The summed E-state index contributed by atoms with van der Waals surface area (Å²) in [6, 6.07) is 3.09. The van der Waals surface area contributed by atoms with Gasteiger partial charge in [-0.25, -0.2) is 5.10 Å². The highest BCUT2D eigenvalue weighted by Gasteiger charge is 2.24. The van der Waals surface area contributed by atoms with Crippen LogP contribution in [0, 0.1) is 0 Å². The van der Waals surface area contributed by atoms with Crippen LogP contribution in [0.5, 0.6) is 11.6 Å². The Hall–Kier alpha value is -1.92. The molecule has 0 aliphatic carbocycles. The van der Waals surface area contributed by atoms with Gasteiger partial charge in [-0.1, -0.05) is 23.2 Å². The molecule has 3 N–H and O–H groups in total. The number of nitrogens with two attached hydrogens (primary N) is 1. The quantitative estimate of drug-likeness (QED) is 0.821. The number of benzene rings is 1. The summed E-state index contributed by atoms with van der Waals surface area (Å²) in [7, 11) is 1.89. The fourth-order valence-electron chi connectivity index (χ4n) is 2.53. The average molecular weight is 341 g/mol. The number of aromatic nitrogens is 2. The van der Waals surface area contributed by atoms with Gasteiger partial charge in [0.15, 0.2) is 5.75 Å². The first-order valence-electron chi connectivity index (χ1n) is 6.72. The molecule has 22 heavy (non-hydrogen) atoms. The van der Waals surface area contributed by atoms with Gasteiger partial charge < -0.3 is 15.4 Å². The number of ether oxygens (including phenoxy) is 1. The fraction of sp³-hybridized carbons (Fsp3) is 0.286. The van der Waals surface area contributed by atoms with E-state index in [1.807, 2.05) is 11.9 Å². The number of halogens is 2. The van der Waals surface area contributed by atoms with E-state index in [9.17, 15) is 4.79 Å². The maximum absolute atomic E-state index is 11.9. The number of fused-ring (bicyclic) bond motifs is 1. The van der Waals surface area contributed by atoms with Crippen LogP contribution >= 0.6 is 23.2 Å². The minimum Gasteiger partial charge on any atom is -0.433 e. The van der Waals surface area contributed by atoms with Crippen molar-refractivity contribution in [2.24, 2.45) is 0 Å². The molecule has 2 aromatic rings. The van der Waals surface area contributed by atoms with Crippen molar-refractivity contribution >= 4 is 34.6 Å². The number of nitrogens with zero attached hydrogens (tertiary/aromatic N) is 2. The minimum absolute atomic E-state index is 0.205. The molecular weight excluding hydrogens is 327 g/mol. The number of hydrogen-bond donors (Lipinski definition) is 2. The normalized spacial score (nSPS) is 13.9. The van der Waals surface area contributed by atoms with Crippen molar-refractivity contribution < 1.29 is 4.74 Å². The van der Waals surface area contributed by atoms with Gasteiger partial charge in [-0.2, -0.15) is 0 Å². The van der Waals surface area contributed by atoms with Gasteiger partial charge in [-0.3, -0.25) is 4.79 Å². The Morgan fingerprint density at radius 3 is 2.73 bits per heavy atom. The van der Waals surface area contributed by atoms with Crippen LogP contribution in [0.15, 0.2) is 16.9 Å². The predicted octanol–water partition coefficient (Wildman–Crippen LogP) is 2.83. The van der Waals surface area contributed by atoms with Crippen LogP contribution in [0.3, 0.4) is 0 Å². The van der Waals surface area contributed by atoms with Crippen LogP contribution in [0.2, 0.25) is 10.0 Å². The standard InChI is InChI=1S/C14H14Cl2N4O2/c1-20-4-2-3-8-11(20)14(19-18-13(8)21)22-12-9(15)5-7(17)6-10(12)16/h5-6H,2-4,17H2,1H3,(H,18,21). The number of H-pyrrole nitrogens is 1. The molecule has 8 heteroatoms. The molecule has 1 aromatic heterocycles. The number of anilines is 2. The molecule has 1 aromatic carbocycles. The van der Waals surface area contributed by atoms with E-state index in [0.29, 0.717) is 23.4 Å². The van der Waals surface area contributed by atoms with Crippen LogP contribution in [0.1, 0.15) is 12.0 Å². The molecule has 1 aliphatic heterocycles. The van der Waals surface area contributed by atoms with Crippen molar-refractivity contribution in [1.29, 1.82) is 0 Å². The first kappa shape index (κ1) is 15.0. The highest BCUT2D eigenvalue weighted by Crippen LogP contribution is 2.41.